The zero-order chi connectivity index (χ0) is 20.6. The van der Waals surface area contributed by atoms with Crippen LogP contribution in [0.25, 0.3) is 0 Å². The molecule has 0 aromatic rings. The number of nitrogens with one attached hydrogen (secondary N) is 2. The van der Waals surface area contributed by atoms with E-state index in [-0.39, 0.29) is 17.2 Å². The third-order valence-corrected chi connectivity index (χ3v) is 3.87. The molecule has 1 aliphatic rings. The fourth-order valence-corrected chi connectivity index (χ4v) is 2.47. The first-order valence-electron chi connectivity index (χ1n) is 9.51. The topological polar surface area (TPSA) is 89.6 Å². The second kappa shape index (κ2) is 14.1. The standard InChI is InChI=1S/C21H28FN5O/c1-3-8-17(9-5-6-13-24-12-4-2)16-25-21(28)18(15-23)14-19-10-7-11-20(22)27-26-19/h5-7,10-12,14,17,27H,3-4,8-9,13,16H2,1-2H3,(H,25,28)/b6-5-,18-14+,24-12+. The first kappa shape index (κ1) is 23.0. The van der Waals surface area contributed by atoms with E-state index in [1.54, 1.807) is 0 Å². The van der Waals surface area contributed by atoms with Crippen LogP contribution < -0.4 is 10.7 Å². The lowest BCUT2D eigenvalue weighted by Gasteiger charge is -2.15. The average molecular weight is 385 g/mol. The fourth-order valence-electron chi connectivity index (χ4n) is 2.47. The van der Waals surface area contributed by atoms with Gasteiger partial charge >= 0.3 is 0 Å². The van der Waals surface area contributed by atoms with Crippen LogP contribution in [0.15, 0.2) is 58.1 Å². The van der Waals surface area contributed by atoms with Gasteiger partial charge in [-0.15, -0.1) is 0 Å². The molecule has 0 aromatic carbocycles. The normalized spacial score (nSPS) is 15.6. The van der Waals surface area contributed by atoms with E-state index in [0.717, 1.165) is 25.7 Å². The Morgan fingerprint density at radius 2 is 2.29 bits per heavy atom. The van der Waals surface area contributed by atoms with E-state index in [9.17, 15) is 14.4 Å². The van der Waals surface area contributed by atoms with Crippen LogP contribution in [-0.2, 0) is 4.79 Å². The predicted molar refractivity (Wildman–Crippen MR) is 111 cm³/mol. The van der Waals surface area contributed by atoms with Gasteiger partial charge in [0.25, 0.3) is 5.91 Å². The summed E-state index contributed by atoms with van der Waals surface area (Å²) in [6.07, 6.45) is 15.2. The largest absolute Gasteiger partial charge is 0.351 e. The van der Waals surface area contributed by atoms with Crippen LogP contribution in [0.5, 0.6) is 0 Å². The van der Waals surface area contributed by atoms with Crippen molar-refractivity contribution in [2.75, 3.05) is 13.1 Å². The summed E-state index contributed by atoms with van der Waals surface area (Å²) in [6.45, 7) is 5.29. The first-order valence-corrected chi connectivity index (χ1v) is 9.51. The third kappa shape index (κ3) is 9.62. The quantitative estimate of drug-likeness (QED) is 0.187. The molecule has 0 aliphatic carbocycles. The number of hydrazone groups is 1. The number of nitrogens with zero attached hydrogens (tertiary/aromatic N) is 3. The van der Waals surface area contributed by atoms with E-state index in [2.05, 4.69) is 33.8 Å². The van der Waals surface area contributed by atoms with E-state index >= 15 is 0 Å². The molecule has 0 aromatic heterocycles. The average Bonchev–Trinajstić information content (AvgIpc) is 2.90. The molecule has 0 bridgehead atoms. The fraction of sp³-hybridized carbons (Fsp3) is 0.429. The number of amides is 1. The minimum Gasteiger partial charge on any atom is -0.351 e. The minimum atomic E-state index is -0.613. The molecule has 0 radical (unpaired) electrons. The monoisotopic (exact) mass is 385 g/mol. The molecule has 1 atom stereocenters. The molecule has 1 amide bonds. The molecule has 2 N–H and O–H groups in total. The van der Waals surface area contributed by atoms with Gasteiger partial charge in [0.1, 0.15) is 11.6 Å². The van der Waals surface area contributed by atoms with Gasteiger partial charge in [-0.25, -0.2) is 0 Å². The summed E-state index contributed by atoms with van der Waals surface area (Å²) in [5.41, 5.74) is 2.40. The second-order valence-corrected chi connectivity index (χ2v) is 6.22. The number of carbonyl (C=O) groups is 1. The van der Waals surface area contributed by atoms with Gasteiger partial charge in [-0.05, 0) is 49.6 Å². The maximum Gasteiger partial charge on any atom is 0.262 e. The van der Waals surface area contributed by atoms with Crippen molar-refractivity contribution < 1.29 is 9.18 Å². The number of hydrogen-bond donors (Lipinski definition) is 2. The van der Waals surface area contributed by atoms with Crippen molar-refractivity contribution in [3.63, 3.8) is 0 Å². The highest BCUT2D eigenvalue weighted by atomic mass is 19.1. The van der Waals surface area contributed by atoms with Crippen molar-refractivity contribution in [1.82, 2.24) is 10.7 Å². The van der Waals surface area contributed by atoms with Gasteiger partial charge in [0.05, 0.1) is 12.3 Å². The van der Waals surface area contributed by atoms with Crippen molar-refractivity contribution >= 4 is 17.8 Å². The molecule has 28 heavy (non-hydrogen) atoms. The van der Waals surface area contributed by atoms with E-state index in [0.29, 0.717) is 13.1 Å². The minimum absolute atomic E-state index is 0.0767. The van der Waals surface area contributed by atoms with Gasteiger partial charge in [0.2, 0.25) is 5.95 Å². The summed E-state index contributed by atoms with van der Waals surface area (Å²) in [5, 5.41) is 15.9. The molecule has 7 heteroatoms. The third-order valence-electron chi connectivity index (χ3n) is 3.87. The highest BCUT2D eigenvalue weighted by Crippen LogP contribution is 2.11. The van der Waals surface area contributed by atoms with Crippen LogP contribution in [0.4, 0.5) is 4.39 Å². The Labute approximate surface area is 166 Å². The number of aliphatic imine (C=N–C) groups is 1. The number of nitriles is 1. The SMILES string of the molecule is CC/C=N/C/C=C\CC(CCC)CNC(=O)/C(C#N)=C/C1=NNC(F)=CC=C1. The van der Waals surface area contributed by atoms with Crippen molar-refractivity contribution in [3.05, 3.63) is 48.0 Å². The molecule has 6 nitrogen and oxygen atoms in total. The molecule has 0 spiro atoms. The van der Waals surface area contributed by atoms with Gasteiger partial charge in [-0.1, -0.05) is 38.5 Å². The zero-order valence-electron chi connectivity index (χ0n) is 16.5. The summed E-state index contributed by atoms with van der Waals surface area (Å²) in [7, 11) is 0. The number of halogens is 1. The Balaban J connectivity index is 2.60. The van der Waals surface area contributed by atoms with Crippen LogP contribution >= 0.6 is 0 Å². The molecule has 1 aliphatic heterocycles. The Hall–Kier alpha value is -3.01. The van der Waals surface area contributed by atoms with E-state index in [1.807, 2.05) is 25.3 Å². The number of rotatable bonds is 11. The summed E-state index contributed by atoms with van der Waals surface area (Å²) >= 11 is 0. The zero-order valence-corrected chi connectivity index (χ0v) is 16.5. The Morgan fingerprint density at radius 3 is 3.00 bits per heavy atom. The van der Waals surface area contributed by atoms with Gasteiger partial charge < -0.3 is 5.32 Å². The van der Waals surface area contributed by atoms with E-state index in [1.165, 1.54) is 24.3 Å². The predicted octanol–water partition coefficient (Wildman–Crippen LogP) is 3.72. The first-order chi connectivity index (χ1) is 13.6. The van der Waals surface area contributed by atoms with Crippen LogP contribution in [0.2, 0.25) is 0 Å². The van der Waals surface area contributed by atoms with Gasteiger partial charge in [0, 0.05) is 6.54 Å². The van der Waals surface area contributed by atoms with Crippen LogP contribution in [0, 0.1) is 17.2 Å². The molecule has 1 rings (SSSR count). The number of allylic oxidation sites excluding steroid dienone is 5. The lowest BCUT2D eigenvalue weighted by atomic mass is 9.99. The Morgan fingerprint density at radius 1 is 1.46 bits per heavy atom. The Kier molecular flexibility index (Phi) is 11.6. The molecule has 0 saturated carbocycles. The van der Waals surface area contributed by atoms with E-state index in [4.69, 9.17) is 0 Å². The van der Waals surface area contributed by atoms with Crippen molar-refractivity contribution in [3.8, 4) is 6.07 Å². The van der Waals surface area contributed by atoms with Crippen molar-refractivity contribution in [1.29, 1.82) is 5.26 Å². The van der Waals surface area contributed by atoms with Gasteiger partial charge in [-0.3, -0.25) is 15.2 Å². The summed E-state index contributed by atoms with van der Waals surface area (Å²) in [6, 6.07) is 1.87. The number of hydrogen-bond acceptors (Lipinski definition) is 5. The van der Waals surface area contributed by atoms with Crippen molar-refractivity contribution in [2.45, 2.75) is 39.5 Å². The summed E-state index contributed by atoms with van der Waals surface area (Å²) in [5.74, 6) is -0.789. The molecular weight excluding hydrogens is 357 g/mol. The molecule has 1 unspecified atom stereocenters. The lowest BCUT2D eigenvalue weighted by Crippen LogP contribution is -2.30. The molecule has 0 fully saturated rings. The van der Waals surface area contributed by atoms with Gasteiger partial charge in [0.15, 0.2) is 0 Å². The smallest absolute Gasteiger partial charge is 0.262 e. The molecule has 150 valence electrons. The maximum atomic E-state index is 13.1. The van der Waals surface area contributed by atoms with Crippen molar-refractivity contribution in [2.24, 2.45) is 16.0 Å². The van der Waals surface area contributed by atoms with Crippen LogP contribution in [-0.4, -0.2) is 30.9 Å². The van der Waals surface area contributed by atoms with Crippen LogP contribution in [0.1, 0.15) is 39.5 Å². The Bertz CT molecular complexity index is 726. The van der Waals surface area contributed by atoms with Crippen LogP contribution in [0.3, 0.4) is 0 Å². The summed E-state index contributed by atoms with van der Waals surface area (Å²) in [4.78, 5) is 16.6. The second-order valence-electron chi connectivity index (χ2n) is 6.22. The molecule has 0 saturated heterocycles. The highest BCUT2D eigenvalue weighted by Gasteiger charge is 2.13. The van der Waals surface area contributed by atoms with Gasteiger partial charge in [-0.2, -0.15) is 14.8 Å². The molecular formula is C21H28FN5O. The number of carbonyl (C=O) groups excluding carboxylic acids is 1. The summed E-state index contributed by atoms with van der Waals surface area (Å²) < 4.78 is 13.1. The van der Waals surface area contributed by atoms with E-state index < -0.39 is 11.9 Å². The highest BCUT2D eigenvalue weighted by molar-refractivity contribution is 6.11. The molecule has 1 heterocycles. The maximum absolute atomic E-state index is 13.1. The lowest BCUT2D eigenvalue weighted by molar-refractivity contribution is -0.117.